The molecule has 1 aromatic rings. The molecule has 1 aromatic carbocycles. The molecule has 0 radical (unpaired) electrons. The number of nitrogens with one attached hydrogen (secondary N) is 1. The quantitative estimate of drug-likeness (QED) is 0.479. The predicted molar refractivity (Wildman–Crippen MR) is 83.9 cm³/mol. The number of nitrogens with zero attached hydrogens (tertiary/aromatic N) is 1. The average molecular weight is 361 g/mol. The second-order valence-electron chi connectivity index (χ2n) is 4.47. The van der Waals surface area contributed by atoms with E-state index in [4.69, 9.17) is 10.5 Å². The van der Waals surface area contributed by atoms with Gasteiger partial charge >= 0.3 is 0 Å². The van der Waals surface area contributed by atoms with Crippen molar-refractivity contribution in [3.8, 4) is 0 Å². The van der Waals surface area contributed by atoms with Gasteiger partial charge in [0.05, 0.1) is 24.6 Å². The van der Waals surface area contributed by atoms with Gasteiger partial charge in [0.25, 0.3) is 0 Å². The molecule has 0 bridgehead atoms. The lowest BCUT2D eigenvalue weighted by molar-refractivity contribution is 0.0378. The SMILES string of the molecule is Nc1cc(I)ccc1NCCCN1CCOCC1. The predicted octanol–water partition coefficient (Wildman–Crippen LogP) is 2.01. The molecule has 0 aromatic heterocycles. The summed E-state index contributed by atoms with van der Waals surface area (Å²) in [4.78, 5) is 2.45. The van der Waals surface area contributed by atoms with Crippen molar-refractivity contribution >= 4 is 34.0 Å². The second kappa shape index (κ2) is 7.16. The van der Waals surface area contributed by atoms with E-state index in [0.29, 0.717) is 0 Å². The van der Waals surface area contributed by atoms with Crippen molar-refractivity contribution in [2.45, 2.75) is 6.42 Å². The number of anilines is 2. The Bertz CT molecular complexity index is 380. The maximum atomic E-state index is 5.95. The first-order valence-corrected chi connectivity index (χ1v) is 7.42. The number of ether oxygens (including phenoxy) is 1. The summed E-state index contributed by atoms with van der Waals surface area (Å²) < 4.78 is 6.50. The van der Waals surface area contributed by atoms with E-state index in [1.807, 2.05) is 12.1 Å². The summed E-state index contributed by atoms with van der Waals surface area (Å²) in [6, 6.07) is 6.11. The average Bonchev–Trinajstić information content (AvgIpc) is 2.38. The minimum atomic E-state index is 0.827. The largest absolute Gasteiger partial charge is 0.397 e. The smallest absolute Gasteiger partial charge is 0.0594 e. The van der Waals surface area contributed by atoms with Gasteiger partial charge in [0.1, 0.15) is 0 Å². The molecule has 0 aliphatic carbocycles. The van der Waals surface area contributed by atoms with Gasteiger partial charge in [0, 0.05) is 23.2 Å². The first-order chi connectivity index (χ1) is 8.75. The van der Waals surface area contributed by atoms with Crippen LogP contribution in [0.1, 0.15) is 6.42 Å². The minimum absolute atomic E-state index is 0.827. The number of benzene rings is 1. The van der Waals surface area contributed by atoms with Gasteiger partial charge in [-0.3, -0.25) is 4.90 Å². The molecule has 1 heterocycles. The molecule has 0 amide bonds. The number of morpholine rings is 1. The van der Waals surface area contributed by atoms with Crippen LogP contribution in [0.15, 0.2) is 18.2 Å². The summed E-state index contributed by atoms with van der Waals surface area (Å²) in [6.07, 6.45) is 1.13. The van der Waals surface area contributed by atoms with E-state index in [-0.39, 0.29) is 0 Å². The summed E-state index contributed by atoms with van der Waals surface area (Å²) >= 11 is 2.27. The standard InChI is InChI=1S/C13H20IN3O/c14-11-2-3-13(12(15)10-11)16-4-1-5-17-6-8-18-9-7-17/h2-3,10,16H,1,4-9,15H2. The molecule has 0 unspecified atom stereocenters. The Morgan fingerprint density at radius 1 is 1.33 bits per heavy atom. The van der Waals surface area contributed by atoms with E-state index in [1.165, 1.54) is 3.57 Å². The van der Waals surface area contributed by atoms with Crippen molar-refractivity contribution in [1.29, 1.82) is 0 Å². The van der Waals surface area contributed by atoms with Crippen LogP contribution in [0, 0.1) is 3.57 Å². The monoisotopic (exact) mass is 361 g/mol. The highest BCUT2D eigenvalue weighted by Gasteiger charge is 2.09. The maximum absolute atomic E-state index is 5.95. The first-order valence-electron chi connectivity index (χ1n) is 6.35. The van der Waals surface area contributed by atoms with Crippen LogP contribution in [0.2, 0.25) is 0 Å². The van der Waals surface area contributed by atoms with Crippen LogP contribution in [0.5, 0.6) is 0 Å². The van der Waals surface area contributed by atoms with E-state index in [2.05, 4.69) is 38.9 Å². The number of rotatable bonds is 5. The third-order valence-corrected chi connectivity index (χ3v) is 3.75. The molecule has 1 fully saturated rings. The van der Waals surface area contributed by atoms with E-state index < -0.39 is 0 Å². The molecular weight excluding hydrogens is 341 g/mol. The van der Waals surface area contributed by atoms with Crippen LogP contribution in [-0.2, 0) is 4.74 Å². The molecule has 1 saturated heterocycles. The Labute approximate surface area is 122 Å². The fourth-order valence-electron chi connectivity index (χ4n) is 2.05. The topological polar surface area (TPSA) is 50.5 Å². The fourth-order valence-corrected chi connectivity index (χ4v) is 2.56. The van der Waals surface area contributed by atoms with Gasteiger partial charge in [-0.05, 0) is 53.8 Å². The first kappa shape index (κ1) is 13.9. The lowest BCUT2D eigenvalue weighted by Gasteiger charge is -2.26. The van der Waals surface area contributed by atoms with E-state index in [1.54, 1.807) is 0 Å². The van der Waals surface area contributed by atoms with Gasteiger partial charge in [-0.1, -0.05) is 0 Å². The maximum Gasteiger partial charge on any atom is 0.0594 e. The van der Waals surface area contributed by atoms with Crippen molar-refractivity contribution in [3.63, 3.8) is 0 Å². The molecule has 100 valence electrons. The highest BCUT2D eigenvalue weighted by Crippen LogP contribution is 2.20. The zero-order valence-corrected chi connectivity index (χ0v) is 12.7. The van der Waals surface area contributed by atoms with E-state index in [9.17, 15) is 0 Å². The van der Waals surface area contributed by atoms with Gasteiger partial charge in [-0.25, -0.2) is 0 Å². The van der Waals surface area contributed by atoms with E-state index in [0.717, 1.165) is 57.2 Å². The number of hydrogen-bond acceptors (Lipinski definition) is 4. The number of nitrogen functional groups attached to an aromatic ring is 1. The number of halogens is 1. The molecule has 18 heavy (non-hydrogen) atoms. The Morgan fingerprint density at radius 2 is 2.11 bits per heavy atom. The molecule has 4 nitrogen and oxygen atoms in total. The van der Waals surface area contributed by atoms with Gasteiger partial charge in [0.2, 0.25) is 0 Å². The lowest BCUT2D eigenvalue weighted by atomic mass is 10.2. The Balaban J connectivity index is 1.68. The van der Waals surface area contributed by atoms with Crippen molar-refractivity contribution in [2.75, 3.05) is 50.4 Å². The lowest BCUT2D eigenvalue weighted by Crippen LogP contribution is -2.37. The summed E-state index contributed by atoms with van der Waals surface area (Å²) in [6.45, 7) is 5.95. The molecule has 1 aliphatic heterocycles. The highest BCUT2D eigenvalue weighted by molar-refractivity contribution is 14.1. The van der Waals surface area contributed by atoms with Crippen LogP contribution in [-0.4, -0.2) is 44.3 Å². The molecule has 2 rings (SSSR count). The van der Waals surface area contributed by atoms with Gasteiger partial charge in [-0.2, -0.15) is 0 Å². The van der Waals surface area contributed by atoms with E-state index >= 15 is 0 Å². The zero-order chi connectivity index (χ0) is 12.8. The zero-order valence-electron chi connectivity index (χ0n) is 10.5. The van der Waals surface area contributed by atoms with Crippen molar-refractivity contribution in [1.82, 2.24) is 4.90 Å². The van der Waals surface area contributed by atoms with Crippen LogP contribution < -0.4 is 11.1 Å². The molecule has 5 heteroatoms. The summed E-state index contributed by atoms with van der Waals surface area (Å²) in [5.74, 6) is 0. The van der Waals surface area contributed by atoms with Crippen molar-refractivity contribution in [2.24, 2.45) is 0 Å². The molecule has 3 N–H and O–H groups in total. The summed E-state index contributed by atoms with van der Waals surface area (Å²) in [5.41, 5.74) is 7.82. The molecule has 1 aliphatic rings. The summed E-state index contributed by atoms with van der Waals surface area (Å²) in [7, 11) is 0. The van der Waals surface area contributed by atoms with Crippen LogP contribution in [0.25, 0.3) is 0 Å². The summed E-state index contributed by atoms with van der Waals surface area (Å²) in [5, 5.41) is 3.39. The Morgan fingerprint density at radius 3 is 2.83 bits per heavy atom. The van der Waals surface area contributed by atoms with Crippen LogP contribution >= 0.6 is 22.6 Å². The third kappa shape index (κ3) is 4.29. The number of nitrogens with two attached hydrogens (primary N) is 1. The van der Waals surface area contributed by atoms with Gasteiger partial charge in [0.15, 0.2) is 0 Å². The molecule has 0 saturated carbocycles. The van der Waals surface area contributed by atoms with Crippen LogP contribution in [0.4, 0.5) is 11.4 Å². The minimum Gasteiger partial charge on any atom is -0.397 e. The Kier molecular flexibility index (Phi) is 5.52. The molecule has 0 spiro atoms. The highest BCUT2D eigenvalue weighted by atomic mass is 127. The normalized spacial score (nSPS) is 16.7. The third-order valence-electron chi connectivity index (χ3n) is 3.08. The number of hydrogen-bond donors (Lipinski definition) is 2. The van der Waals surface area contributed by atoms with Crippen molar-refractivity contribution < 1.29 is 4.74 Å². The molecular formula is C13H20IN3O. The van der Waals surface area contributed by atoms with Crippen molar-refractivity contribution in [3.05, 3.63) is 21.8 Å². The van der Waals surface area contributed by atoms with Crippen LogP contribution in [0.3, 0.4) is 0 Å². The second-order valence-corrected chi connectivity index (χ2v) is 5.71. The fraction of sp³-hybridized carbons (Fsp3) is 0.538. The van der Waals surface area contributed by atoms with Gasteiger partial charge in [-0.15, -0.1) is 0 Å². The Hall–Kier alpha value is -0.530. The van der Waals surface area contributed by atoms with Gasteiger partial charge < -0.3 is 15.8 Å². The molecule has 0 atom stereocenters.